The van der Waals surface area contributed by atoms with E-state index in [0.717, 1.165) is 24.3 Å². The molecule has 0 spiro atoms. The summed E-state index contributed by atoms with van der Waals surface area (Å²) in [7, 11) is 0. The summed E-state index contributed by atoms with van der Waals surface area (Å²) in [6.45, 7) is 0. The summed E-state index contributed by atoms with van der Waals surface area (Å²) >= 11 is 1.67. The minimum atomic E-state index is -0.163. The van der Waals surface area contributed by atoms with Crippen molar-refractivity contribution in [1.82, 2.24) is 9.97 Å². The average Bonchev–Trinajstić information content (AvgIpc) is 2.23. The Kier molecular flexibility index (Phi) is 3.37. The average molecular weight is 210 g/mol. The molecule has 1 fully saturated rings. The lowest BCUT2D eigenvalue weighted by atomic mass is 9.97. The molecule has 14 heavy (non-hydrogen) atoms. The lowest BCUT2D eigenvalue weighted by Gasteiger charge is -2.26. The van der Waals surface area contributed by atoms with Crippen LogP contribution in [0.25, 0.3) is 0 Å². The Bertz CT molecular complexity index is 281. The van der Waals surface area contributed by atoms with Crippen molar-refractivity contribution < 1.29 is 5.11 Å². The second-order valence-corrected chi connectivity index (χ2v) is 4.82. The minimum Gasteiger partial charge on any atom is -0.392 e. The van der Waals surface area contributed by atoms with Gasteiger partial charge >= 0.3 is 0 Å². The first-order valence-electron chi connectivity index (χ1n) is 4.97. The number of aliphatic hydroxyl groups excluding tert-OH is 1. The van der Waals surface area contributed by atoms with Gasteiger partial charge in [0.2, 0.25) is 0 Å². The molecule has 1 saturated carbocycles. The van der Waals surface area contributed by atoms with Gasteiger partial charge in [0.05, 0.1) is 11.1 Å². The van der Waals surface area contributed by atoms with E-state index in [-0.39, 0.29) is 6.10 Å². The van der Waals surface area contributed by atoms with Crippen LogP contribution in [0.3, 0.4) is 0 Å². The fourth-order valence-corrected chi connectivity index (χ4v) is 2.85. The highest BCUT2D eigenvalue weighted by atomic mass is 32.2. The molecule has 1 N–H and O–H groups in total. The summed E-state index contributed by atoms with van der Waals surface area (Å²) in [6.07, 6.45) is 7.53. The summed E-state index contributed by atoms with van der Waals surface area (Å²) in [6, 6.07) is 1.89. The second-order valence-electron chi connectivity index (χ2n) is 3.56. The number of aromatic nitrogens is 2. The Morgan fingerprint density at radius 2 is 2.21 bits per heavy atom. The molecule has 1 aliphatic rings. The van der Waals surface area contributed by atoms with Gasteiger partial charge < -0.3 is 5.11 Å². The molecule has 4 heteroatoms. The van der Waals surface area contributed by atoms with E-state index in [9.17, 15) is 5.11 Å². The van der Waals surface area contributed by atoms with E-state index in [4.69, 9.17) is 0 Å². The molecule has 0 aromatic carbocycles. The van der Waals surface area contributed by atoms with Crippen molar-refractivity contribution in [3.05, 3.63) is 18.6 Å². The van der Waals surface area contributed by atoms with Crippen molar-refractivity contribution >= 4 is 11.8 Å². The largest absolute Gasteiger partial charge is 0.392 e. The zero-order chi connectivity index (χ0) is 9.80. The molecule has 0 amide bonds. The van der Waals surface area contributed by atoms with Crippen LogP contribution in [-0.4, -0.2) is 26.4 Å². The predicted octanol–water partition coefficient (Wildman–Crippen LogP) is 1.87. The zero-order valence-electron chi connectivity index (χ0n) is 7.97. The SMILES string of the molecule is O[C@@H]1CCCC[C@H]1Sc1ccncn1. The van der Waals surface area contributed by atoms with E-state index in [2.05, 4.69) is 9.97 Å². The summed E-state index contributed by atoms with van der Waals surface area (Å²) in [5.41, 5.74) is 0. The molecule has 2 atom stereocenters. The normalized spacial score (nSPS) is 27.5. The van der Waals surface area contributed by atoms with Crippen LogP contribution in [0.2, 0.25) is 0 Å². The summed E-state index contributed by atoms with van der Waals surface area (Å²) in [4.78, 5) is 8.02. The van der Waals surface area contributed by atoms with Crippen LogP contribution in [0.1, 0.15) is 25.7 Å². The molecule has 2 rings (SSSR count). The quantitative estimate of drug-likeness (QED) is 0.757. The van der Waals surface area contributed by atoms with Crippen molar-refractivity contribution in [3.63, 3.8) is 0 Å². The van der Waals surface area contributed by atoms with E-state index in [1.807, 2.05) is 6.07 Å². The minimum absolute atomic E-state index is 0.163. The maximum Gasteiger partial charge on any atom is 0.116 e. The van der Waals surface area contributed by atoms with Crippen molar-refractivity contribution in [1.29, 1.82) is 0 Å². The predicted molar refractivity (Wildman–Crippen MR) is 56.2 cm³/mol. The van der Waals surface area contributed by atoms with E-state index >= 15 is 0 Å². The molecule has 0 saturated heterocycles. The van der Waals surface area contributed by atoms with Gasteiger partial charge in [-0.1, -0.05) is 12.8 Å². The number of rotatable bonds is 2. The number of hydrogen-bond acceptors (Lipinski definition) is 4. The summed E-state index contributed by atoms with van der Waals surface area (Å²) < 4.78 is 0. The topological polar surface area (TPSA) is 46.0 Å². The van der Waals surface area contributed by atoms with Crippen LogP contribution in [0.4, 0.5) is 0 Å². The molecule has 3 nitrogen and oxygen atoms in total. The molecule has 0 aliphatic heterocycles. The van der Waals surface area contributed by atoms with Gasteiger partial charge in [0.15, 0.2) is 0 Å². The first-order valence-corrected chi connectivity index (χ1v) is 5.85. The van der Waals surface area contributed by atoms with E-state index in [1.165, 1.54) is 6.42 Å². The van der Waals surface area contributed by atoms with Gasteiger partial charge in [0, 0.05) is 11.4 Å². The van der Waals surface area contributed by atoms with E-state index < -0.39 is 0 Å². The van der Waals surface area contributed by atoms with Gasteiger partial charge in [-0.3, -0.25) is 0 Å². The number of aliphatic hydroxyl groups is 1. The second kappa shape index (κ2) is 4.75. The van der Waals surface area contributed by atoms with Crippen LogP contribution in [0.5, 0.6) is 0 Å². The highest BCUT2D eigenvalue weighted by molar-refractivity contribution is 7.99. The van der Waals surface area contributed by atoms with E-state index in [0.29, 0.717) is 5.25 Å². The standard InChI is InChI=1S/C10H14N2OS/c13-8-3-1-2-4-9(8)14-10-5-6-11-7-12-10/h5-9,13H,1-4H2/t8-,9-/m1/s1. The molecular formula is C10H14N2OS. The monoisotopic (exact) mass is 210 g/mol. The Hall–Kier alpha value is -0.610. The maximum atomic E-state index is 9.77. The summed E-state index contributed by atoms with van der Waals surface area (Å²) in [5, 5.41) is 11.0. The van der Waals surface area contributed by atoms with Gasteiger partial charge in [0.25, 0.3) is 0 Å². The maximum absolute atomic E-state index is 9.77. The van der Waals surface area contributed by atoms with Gasteiger partial charge in [0.1, 0.15) is 6.33 Å². The smallest absolute Gasteiger partial charge is 0.116 e. The Morgan fingerprint density at radius 1 is 1.36 bits per heavy atom. The number of nitrogens with zero attached hydrogens (tertiary/aromatic N) is 2. The van der Waals surface area contributed by atoms with Crippen molar-refractivity contribution in [3.8, 4) is 0 Å². The molecule has 1 aliphatic carbocycles. The van der Waals surface area contributed by atoms with Crippen LogP contribution in [0, 0.1) is 0 Å². The first kappa shape index (κ1) is 9.93. The van der Waals surface area contributed by atoms with Crippen molar-refractivity contribution in [2.24, 2.45) is 0 Å². The Labute approximate surface area is 88.0 Å². The molecule has 76 valence electrons. The third-order valence-electron chi connectivity index (χ3n) is 2.49. The number of thioether (sulfide) groups is 1. The van der Waals surface area contributed by atoms with Gasteiger partial charge in [-0.2, -0.15) is 0 Å². The highest BCUT2D eigenvalue weighted by Gasteiger charge is 2.24. The number of hydrogen-bond donors (Lipinski definition) is 1. The Balaban J connectivity index is 1.96. The van der Waals surface area contributed by atoms with Crippen molar-refractivity contribution in [2.45, 2.75) is 42.1 Å². The molecule has 1 heterocycles. The molecule has 1 aromatic heterocycles. The van der Waals surface area contributed by atoms with Gasteiger partial charge in [-0.25, -0.2) is 9.97 Å². The van der Waals surface area contributed by atoms with Crippen LogP contribution in [-0.2, 0) is 0 Å². The van der Waals surface area contributed by atoms with Crippen molar-refractivity contribution in [2.75, 3.05) is 0 Å². The first-order chi connectivity index (χ1) is 6.86. The van der Waals surface area contributed by atoms with Gasteiger partial charge in [-0.15, -0.1) is 11.8 Å². The summed E-state index contributed by atoms with van der Waals surface area (Å²) in [5.74, 6) is 0. The van der Waals surface area contributed by atoms with E-state index in [1.54, 1.807) is 24.3 Å². The fourth-order valence-electron chi connectivity index (χ4n) is 1.72. The molecule has 0 radical (unpaired) electrons. The molecule has 1 aromatic rings. The molecule has 0 bridgehead atoms. The van der Waals surface area contributed by atoms with Crippen LogP contribution >= 0.6 is 11.8 Å². The lowest BCUT2D eigenvalue weighted by molar-refractivity contribution is 0.137. The third kappa shape index (κ3) is 2.45. The lowest BCUT2D eigenvalue weighted by Crippen LogP contribution is -2.26. The van der Waals surface area contributed by atoms with Crippen LogP contribution < -0.4 is 0 Å². The van der Waals surface area contributed by atoms with Crippen LogP contribution in [0.15, 0.2) is 23.6 Å². The third-order valence-corrected chi connectivity index (χ3v) is 3.83. The fraction of sp³-hybridized carbons (Fsp3) is 0.600. The Morgan fingerprint density at radius 3 is 2.93 bits per heavy atom. The molecular weight excluding hydrogens is 196 g/mol. The molecule has 0 unspecified atom stereocenters. The zero-order valence-corrected chi connectivity index (χ0v) is 8.78. The van der Waals surface area contributed by atoms with Gasteiger partial charge in [-0.05, 0) is 18.9 Å². The highest BCUT2D eigenvalue weighted by Crippen LogP contribution is 2.32.